The van der Waals surface area contributed by atoms with Gasteiger partial charge in [0.15, 0.2) is 0 Å². The molecular formula is C13H17ClFNO2. The molecule has 1 N–H and O–H groups in total. The van der Waals surface area contributed by atoms with Crippen molar-refractivity contribution in [1.82, 2.24) is 5.32 Å². The first kappa shape index (κ1) is 14.9. The molecule has 0 heterocycles. The summed E-state index contributed by atoms with van der Waals surface area (Å²) in [6.45, 7) is 4.65. The van der Waals surface area contributed by atoms with Crippen LogP contribution in [0.3, 0.4) is 0 Å². The fraction of sp³-hybridized carbons (Fsp3) is 0.462. The monoisotopic (exact) mass is 273 g/mol. The van der Waals surface area contributed by atoms with E-state index in [9.17, 15) is 9.18 Å². The molecule has 5 heteroatoms. The van der Waals surface area contributed by atoms with Crippen molar-refractivity contribution in [2.75, 3.05) is 13.2 Å². The van der Waals surface area contributed by atoms with Gasteiger partial charge in [-0.3, -0.25) is 0 Å². The van der Waals surface area contributed by atoms with Gasteiger partial charge in [0.05, 0.1) is 11.6 Å². The third-order valence-corrected chi connectivity index (χ3v) is 2.70. The van der Waals surface area contributed by atoms with E-state index in [2.05, 4.69) is 5.32 Å². The maximum atomic E-state index is 13.4. The summed E-state index contributed by atoms with van der Waals surface area (Å²) in [5.74, 6) is -0.950. The van der Waals surface area contributed by atoms with E-state index >= 15 is 0 Å². The summed E-state index contributed by atoms with van der Waals surface area (Å²) in [5.41, 5.74) is 0.517. The highest BCUT2D eigenvalue weighted by Crippen LogP contribution is 2.21. The van der Waals surface area contributed by atoms with Gasteiger partial charge in [0, 0.05) is 0 Å². The summed E-state index contributed by atoms with van der Waals surface area (Å²) < 4.78 is 18.4. The van der Waals surface area contributed by atoms with Gasteiger partial charge in [0.2, 0.25) is 0 Å². The highest BCUT2D eigenvalue weighted by molar-refractivity contribution is 6.30. The maximum Gasteiger partial charge on any atom is 0.327 e. The lowest BCUT2D eigenvalue weighted by molar-refractivity contribution is -0.145. The highest BCUT2D eigenvalue weighted by Gasteiger charge is 2.21. The molecule has 0 radical (unpaired) electrons. The third-order valence-electron chi connectivity index (χ3n) is 2.40. The van der Waals surface area contributed by atoms with E-state index in [1.807, 2.05) is 6.92 Å². The molecule has 0 fully saturated rings. The van der Waals surface area contributed by atoms with Gasteiger partial charge in [-0.05, 0) is 37.6 Å². The molecule has 0 aliphatic rings. The Morgan fingerprint density at radius 3 is 2.78 bits per heavy atom. The first-order valence-corrected chi connectivity index (χ1v) is 6.32. The first-order chi connectivity index (χ1) is 8.60. The van der Waals surface area contributed by atoms with Crippen molar-refractivity contribution >= 4 is 17.6 Å². The highest BCUT2D eigenvalue weighted by atomic mass is 35.5. The van der Waals surface area contributed by atoms with Crippen LogP contribution in [0.25, 0.3) is 0 Å². The van der Waals surface area contributed by atoms with Gasteiger partial charge in [0.1, 0.15) is 11.9 Å². The van der Waals surface area contributed by atoms with Crippen LogP contribution in [-0.2, 0) is 9.53 Å². The number of benzene rings is 1. The smallest absolute Gasteiger partial charge is 0.327 e. The van der Waals surface area contributed by atoms with E-state index in [0.29, 0.717) is 18.7 Å². The van der Waals surface area contributed by atoms with E-state index < -0.39 is 17.8 Å². The fourth-order valence-corrected chi connectivity index (χ4v) is 1.66. The van der Waals surface area contributed by atoms with Crippen LogP contribution in [0.4, 0.5) is 4.39 Å². The maximum absolute atomic E-state index is 13.4. The second-order valence-electron chi connectivity index (χ2n) is 3.81. The molecule has 1 unspecified atom stereocenters. The van der Waals surface area contributed by atoms with Crippen molar-refractivity contribution in [3.8, 4) is 0 Å². The molecular weight excluding hydrogens is 257 g/mol. The topological polar surface area (TPSA) is 38.3 Å². The van der Waals surface area contributed by atoms with Crippen molar-refractivity contribution in [2.24, 2.45) is 0 Å². The zero-order chi connectivity index (χ0) is 13.5. The van der Waals surface area contributed by atoms with Gasteiger partial charge >= 0.3 is 5.97 Å². The number of carbonyl (C=O) groups excluding carboxylic acids is 1. The Hall–Kier alpha value is -1.13. The lowest BCUT2D eigenvalue weighted by Crippen LogP contribution is -2.30. The Labute approximate surface area is 111 Å². The van der Waals surface area contributed by atoms with E-state index in [1.165, 1.54) is 12.1 Å². The molecule has 0 aromatic heterocycles. The fourth-order valence-electron chi connectivity index (χ4n) is 1.54. The Kier molecular flexibility index (Phi) is 6.09. The molecule has 0 bridgehead atoms. The molecule has 1 aromatic carbocycles. The summed E-state index contributed by atoms with van der Waals surface area (Å²) in [4.78, 5) is 11.8. The third kappa shape index (κ3) is 3.96. The van der Waals surface area contributed by atoms with E-state index in [1.54, 1.807) is 13.0 Å². The number of hydrogen-bond donors (Lipinski definition) is 1. The minimum atomic E-state index is -0.656. The Morgan fingerprint density at radius 1 is 1.50 bits per heavy atom. The second-order valence-corrected chi connectivity index (χ2v) is 4.22. The van der Waals surface area contributed by atoms with Crippen LogP contribution in [0, 0.1) is 5.82 Å². The predicted octanol–water partition coefficient (Wildman–Crippen LogP) is 3.08. The molecule has 0 saturated heterocycles. The van der Waals surface area contributed by atoms with Crippen LogP contribution < -0.4 is 5.32 Å². The Bertz CT molecular complexity index is 412. The average molecular weight is 274 g/mol. The zero-order valence-electron chi connectivity index (χ0n) is 10.5. The van der Waals surface area contributed by atoms with Crippen LogP contribution in [0.2, 0.25) is 5.02 Å². The second kappa shape index (κ2) is 7.34. The SMILES string of the molecule is CCCNC(C(=O)OCC)c1ccc(Cl)c(F)c1. The molecule has 1 rings (SSSR count). The van der Waals surface area contributed by atoms with E-state index in [-0.39, 0.29) is 5.02 Å². The quantitative estimate of drug-likeness (QED) is 0.810. The molecule has 0 amide bonds. The zero-order valence-corrected chi connectivity index (χ0v) is 11.3. The van der Waals surface area contributed by atoms with Crippen LogP contribution in [0.5, 0.6) is 0 Å². The molecule has 0 aliphatic carbocycles. The normalized spacial score (nSPS) is 12.2. The Balaban J connectivity index is 2.93. The van der Waals surface area contributed by atoms with Gasteiger partial charge in [0.25, 0.3) is 0 Å². The van der Waals surface area contributed by atoms with Crippen molar-refractivity contribution in [1.29, 1.82) is 0 Å². The number of carbonyl (C=O) groups is 1. The minimum absolute atomic E-state index is 0.0388. The number of halogens is 2. The molecule has 1 atom stereocenters. The molecule has 0 spiro atoms. The number of esters is 1. The van der Waals surface area contributed by atoms with Gasteiger partial charge in [-0.2, -0.15) is 0 Å². The van der Waals surface area contributed by atoms with E-state index in [0.717, 1.165) is 6.42 Å². The van der Waals surface area contributed by atoms with E-state index in [4.69, 9.17) is 16.3 Å². The summed E-state index contributed by atoms with van der Waals surface area (Å²) in [6.07, 6.45) is 0.867. The van der Waals surface area contributed by atoms with Gasteiger partial charge < -0.3 is 10.1 Å². The van der Waals surface area contributed by atoms with Crippen LogP contribution in [0.1, 0.15) is 31.9 Å². The number of nitrogens with one attached hydrogen (secondary N) is 1. The Morgan fingerprint density at radius 2 is 2.22 bits per heavy atom. The molecule has 0 aliphatic heterocycles. The van der Waals surface area contributed by atoms with Crippen LogP contribution in [0.15, 0.2) is 18.2 Å². The van der Waals surface area contributed by atoms with Gasteiger partial charge in [-0.1, -0.05) is 24.6 Å². The lowest BCUT2D eigenvalue weighted by Gasteiger charge is -2.17. The molecule has 100 valence electrons. The largest absolute Gasteiger partial charge is 0.465 e. The average Bonchev–Trinajstić information content (AvgIpc) is 2.34. The molecule has 18 heavy (non-hydrogen) atoms. The predicted molar refractivity (Wildman–Crippen MR) is 69.1 cm³/mol. The summed E-state index contributed by atoms with van der Waals surface area (Å²) in [6, 6.07) is 3.66. The molecule has 3 nitrogen and oxygen atoms in total. The summed E-state index contributed by atoms with van der Waals surface area (Å²) in [5, 5.41) is 3.07. The first-order valence-electron chi connectivity index (χ1n) is 5.95. The standard InChI is InChI=1S/C13H17ClFNO2/c1-3-7-16-12(13(17)18-4-2)9-5-6-10(14)11(15)8-9/h5-6,8,12,16H,3-4,7H2,1-2H3. The summed E-state index contributed by atoms with van der Waals surface area (Å²) in [7, 11) is 0. The molecule has 0 saturated carbocycles. The van der Waals surface area contributed by atoms with Crippen molar-refractivity contribution in [3.63, 3.8) is 0 Å². The van der Waals surface area contributed by atoms with Crippen LogP contribution >= 0.6 is 11.6 Å². The van der Waals surface area contributed by atoms with Gasteiger partial charge in [-0.15, -0.1) is 0 Å². The number of rotatable bonds is 6. The van der Waals surface area contributed by atoms with Gasteiger partial charge in [-0.25, -0.2) is 9.18 Å². The lowest BCUT2D eigenvalue weighted by atomic mass is 10.1. The van der Waals surface area contributed by atoms with Crippen molar-refractivity contribution in [3.05, 3.63) is 34.6 Å². The number of hydrogen-bond acceptors (Lipinski definition) is 3. The van der Waals surface area contributed by atoms with Crippen LogP contribution in [-0.4, -0.2) is 19.1 Å². The molecule has 1 aromatic rings. The van der Waals surface area contributed by atoms with Crippen molar-refractivity contribution < 1.29 is 13.9 Å². The summed E-state index contributed by atoms with van der Waals surface area (Å²) >= 11 is 5.62. The van der Waals surface area contributed by atoms with Crippen molar-refractivity contribution in [2.45, 2.75) is 26.3 Å². The minimum Gasteiger partial charge on any atom is -0.465 e. The number of ether oxygens (including phenoxy) is 1.